The summed E-state index contributed by atoms with van der Waals surface area (Å²) >= 11 is 0. The normalized spacial score (nSPS) is 20.3. The van der Waals surface area contributed by atoms with Crippen molar-refractivity contribution in [1.82, 2.24) is 14.8 Å². The molecule has 2 amide bonds. The molecule has 1 aromatic heterocycles. The fourth-order valence-electron chi connectivity index (χ4n) is 4.44. The molecule has 2 aliphatic carbocycles. The van der Waals surface area contributed by atoms with Crippen molar-refractivity contribution in [3.05, 3.63) is 35.0 Å². The Bertz CT molecular complexity index is 873. The van der Waals surface area contributed by atoms with E-state index in [-0.39, 0.29) is 17.7 Å². The van der Waals surface area contributed by atoms with E-state index in [1.165, 1.54) is 29.5 Å². The van der Waals surface area contributed by atoms with Crippen LogP contribution in [0, 0.1) is 5.92 Å². The summed E-state index contributed by atoms with van der Waals surface area (Å²) in [7, 11) is 0. The number of carbonyl (C=O) groups is 2. The summed E-state index contributed by atoms with van der Waals surface area (Å²) in [6.07, 6.45) is 6.78. The van der Waals surface area contributed by atoms with Crippen molar-refractivity contribution in [3.63, 3.8) is 0 Å². The second-order valence-corrected chi connectivity index (χ2v) is 7.94. The molecular formula is C21H25N3O2. The van der Waals surface area contributed by atoms with E-state index in [4.69, 9.17) is 0 Å². The minimum Gasteiger partial charge on any atom is -0.358 e. The van der Waals surface area contributed by atoms with Crippen molar-refractivity contribution in [1.29, 1.82) is 0 Å². The molecule has 0 bridgehead atoms. The molecule has 5 rings (SSSR count). The number of hydrogen-bond acceptors (Lipinski definition) is 2. The molecule has 0 spiro atoms. The lowest BCUT2D eigenvalue weighted by molar-refractivity contribution is -0.134. The second kappa shape index (κ2) is 6.15. The van der Waals surface area contributed by atoms with E-state index < -0.39 is 0 Å². The Kier molecular flexibility index (Phi) is 3.76. The highest BCUT2D eigenvalue weighted by atomic mass is 16.2. The van der Waals surface area contributed by atoms with E-state index in [0.717, 1.165) is 36.8 Å². The van der Waals surface area contributed by atoms with Crippen LogP contribution in [0.2, 0.25) is 0 Å². The van der Waals surface area contributed by atoms with Gasteiger partial charge in [0, 0.05) is 54.3 Å². The lowest BCUT2D eigenvalue weighted by Crippen LogP contribution is -2.51. The van der Waals surface area contributed by atoms with E-state index >= 15 is 0 Å². The molecule has 1 aliphatic heterocycles. The number of H-pyrrole nitrogens is 1. The number of carbonyl (C=O) groups excluding carboxylic acids is 2. The molecule has 3 aliphatic rings. The maximum atomic E-state index is 13.0. The standard InChI is InChI=1S/C21H25N3O2/c25-20(14-5-6-14)23-9-11-24(12-10-23)21(26)15-7-8-19-17(13-15)16-3-1-2-4-18(16)22-19/h7-8,13-14,22H,1-6,9-12H2. The van der Waals surface area contributed by atoms with Crippen molar-refractivity contribution >= 4 is 22.7 Å². The SMILES string of the molecule is O=C(c1ccc2[nH]c3c(c2c1)CCCC3)N1CCN(C(=O)C2CC2)CC1. The first-order chi connectivity index (χ1) is 12.7. The Hall–Kier alpha value is -2.30. The number of rotatable bonds is 2. The molecule has 2 heterocycles. The molecular weight excluding hydrogens is 326 g/mol. The maximum Gasteiger partial charge on any atom is 0.253 e. The zero-order valence-electron chi connectivity index (χ0n) is 15.1. The molecule has 2 aromatic rings. The van der Waals surface area contributed by atoms with Gasteiger partial charge in [0.1, 0.15) is 0 Å². The average molecular weight is 351 g/mol. The van der Waals surface area contributed by atoms with Crippen molar-refractivity contribution in [2.75, 3.05) is 26.2 Å². The minimum absolute atomic E-state index is 0.0937. The number of benzene rings is 1. The molecule has 26 heavy (non-hydrogen) atoms. The summed E-state index contributed by atoms with van der Waals surface area (Å²) in [5.74, 6) is 0.646. The van der Waals surface area contributed by atoms with Crippen LogP contribution >= 0.6 is 0 Å². The summed E-state index contributed by atoms with van der Waals surface area (Å²) in [5.41, 5.74) is 4.67. The molecule has 2 fully saturated rings. The number of fused-ring (bicyclic) bond motifs is 3. The zero-order chi connectivity index (χ0) is 17.7. The summed E-state index contributed by atoms with van der Waals surface area (Å²) in [6, 6.07) is 6.06. The van der Waals surface area contributed by atoms with Gasteiger partial charge in [0.2, 0.25) is 5.91 Å². The van der Waals surface area contributed by atoms with Crippen molar-refractivity contribution in [2.24, 2.45) is 5.92 Å². The third kappa shape index (κ3) is 2.70. The van der Waals surface area contributed by atoms with Gasteiger partial charge in [-0.1, -0.05) is 0 Å². The fraction of sp³-hybridized carbons (Fsp3) is 0.524. The molecule has 5 nitrogen and oxygen atoms in total. The van der Waals surface area contributed by atoms with Crippen molar-refractivity contribution in [3.8, 4) is 0 Å². The quantitative estimate of drug-likeness (QED) is 0.904. The van der Waals surface area contributed by atoms with Crippen LogP contribution < -0.4 is 0 Å². The summed E-state index contributed by atoms with van der Waals surface area (Å²) < 4.78 is 0. The van der Waals surface area contributed by atoms with Crippen LogP contribution in [0.3, 0.4) is 0 Å². The monoisotopic (exact) mass is 351 g/mol. The van der Waals surface area contributed by atoms with Gasteiger partial charge in [0.15, 0.2) is 0 Å². The van der Waals surface area contributed by atoms with Gasteiger partial charge in [0.25, 0.3) is 5.91 Å². The molecule has 5 heteroatoms. The molecule has 1 N–H and O–H groups in total. The third-order valence-corrected chi connectivity index (χ3v) is 6.15. The Morgan fingerprint density at radius 2 is 1.69 bits per heavy atom. The zero-order valence-corrected chi connectivity index (χ0v) is 15.1. The number of hydrogen-bond donors (Lipinski definition) is 1. The van der Waals surface area contributed by atoms with Gasteiger partial charge in [-0.15, -0.1) is 0 Å². The Morgan fingerprint density at radius 1 is 0.962 bits per heavy atom. The first-order valence-electron chi connectivity index (χ1n) is 9.92. The lowest BCUT2D eigenvalue weighted by Gasteiger charge is -2.35. The minimum atomic E-state index is 0.0937. The van der Waals surface area contributed by atoms with Gasteiger partial charge in [0.05, 0.1) is 0 Å². The topological polar surface area (TPSA) is 56.4 Å². The van der Waals surface area contributed by atoms with Gasteiger partial charge < -0.3 is 14.8 Å². The second-order valence-electron chi connectivity index (χ2n) is 7.94. The summed E-state index contributed by atoms with van der Waals surface area (Å²) in [4.78, 5) is 32.5. The highest BCUT2D eigenvalue weighted by molar-refractivity contribution is 5.99. The van der Waals surface area contributed by atoms with Crippen LogP contribution in [0.5, 0.6) is 0 Å². The first kappa shape index (κ1) is 15.9. The van der Waals surface area contributed by atoms with Crippen LogP contribution in [0.25, 0.3) is 10.9 Å². The van der Waals surface area contributed by atoms with Crippen molar-refractivity contribution < 1.29 is 9.59 Å². The summed E-state index contributed by atoms with van der Waals surface area (Å²) in [6.45, 7) is 2.62. The molecule has 0 atom stereocenters. The molecule has 1 aromatic carbocycles. The van der Waals surface area contributed by atoms with E-state index in [1.54, 1.807) is 0 Å². The van der Waals surface area contributed by atoms with E-state index in [1.807, 2.05) is 21.9 Å². The fourth-order valence-corrected chi connectivity index (χ4v) is 4.44. The van der Waals surface area contributed by atoms with Crippen LogP contribution in [-0.4, -0.2) is 52.8 Å². The van der Waals surface area contributed by atoms with Crippen LogP contribution in [-0.2, 0) is 17.6 Å². The smallest absolute Gasteiger partial charge is 0.253 e. The average Bonchev–Trinajstić information content (AvgIpc) is 3.47. The number of piperazine rings is 1. The highest BCUT2D eigenvalue weighted by Crippen LogP contribution is 2.32. The van der Waals surface area contributed by atoms with Crippen molar-refractivity contribution in [2.45, 2.75) is 38.5 Å². The molecule has 136 valence electrons. The first-order valence-corrected chi connectivity index (χ1v) is 9.92. The Labute approximate surface area is 153 Å². The number of nitrogens with zero attached hydrogens (tertiary/aromatic N) is 2. The number of aryl methyl sites for hydroxylation is 2. The van der Waals surface area contributed by atoms with Gasteiger partial charge in [-0.2, -0.15) is 0 Å². The number of nitrogens with one attached hydrogen (secondary N) is 1. The highest BCUT2D eigenvalue weighted by Gasteiger charge is 2.35. The van der Waals surface area contributed by atoms with E-state index in [2.05, 4.69) is 11.1 Å². The number of aromatic nitrogens is 1. The molecule has 0 radical (unpaired) electrons. The number of aromatic amines is 1. The van der Waals surface area contributed by atoms with Gasteiger partial charge in [-0.3, -0.25) is 9.59 Å². The molecule has 0 unspecified atom stereocenters. The predicted octanol–water partition coefficient (Wildman–Crippen LogP) is 2.74. The van der Waals surface area contributed by atoms with Gasteiger partial charge in [-0.05, 0) is 62.3 Å². The molecule has 1 saturated heterocycles. The Morgan fingerprint density at radius 3 is 2.46 bits per heavy atom. The Balaban J connectivity index is 1.33. The number of amides is 2. The van der Waals surface area contributed by atoms with Gasteiger partial charge >= 0.3 is 0 Å². The van der Waals surface area contributed by atoms with E-state index in [0.29, 0.717) is 26.2 Å². The predicted molar refractivity (Wildman–Crippen MR) is 100 cm³/mol. The largest absolute Gasteiger partial charge is 0.358 e. The lowest BCUT2D eigenvalue weighted by atomic mass is 9.95. The maximum absolute atomic E-state index is 13.0. The van der Waals surface area contributed by atoms with E-state index in [9.17, 15) is 9.59 Å². The van der Waals surface area contributed by atoms with Crippen LogP contribution in [0.4, 0.5) is 0 Å². The third-order valence-electron chi connectivity index (χ3n) is 6.15. The van der Waals surface area contributed by atoms with Crippen LogP contribution in [0.15, 0.2) is 18.2 Å². The summed E-state index contributed by atoms with van der Waals surface area (Å²) in [5, 5.41) is 1.22. The molecule has 1 saturated carbocycles. The van der Waals surface area contributed by atoms with Crippen LogP contribution in [0.1, 0.15) is 47.3 Å². The van der Waals surface area contributed by atoms with Gasteiger partial charge in [-0.25, -0.2) is 0 Å².